The fourth-order valence-corrected chi connectivity index (χ4v) is 2.91. The van der Waals surface area contributed by atoms with Gasteiger partial charge in [0, 0.05) is 41.2 Å². The predicted octanol–water partition coefficient (Wildman–Crippen LogP) is 3.33. The number of ether oxygens (including phenoxy) is 2. The summed E-state index contributed by atoms with van der Waals surface area (Å²) in [6.07, 6.45) is 0. The summed E-state index contributed by atoms with van der Waals surface area (Å²) in [5.74, 6) is 0.443. The molecule has 0 unspecified atom stereocenters. The van der Waals surface area contributed by atoms with Crippen LogP contribution in [0.15, 0.2) is 24.3 Å². The molecule has 4 nitrogen and oxygen atoms in total. The Morgan fingerprint density at radius 2 is 1.24 bits per heavy atom. The second-order valence-electron chi connectivity index (χ2n) is 5.77. The van der Waals surface area contributed by atoms with Gasteiger partial charge in [0.15, 0.2) is 0 Å². The Bertz CT molecular complexity index is 722. The molecule has 0 N–H and O–H groups in total. The first-order chi connectivity index (χ1) is 9.84. The molecule has 0 bridgehead atoms. The molecular weight excluding hydrogens is 268 g/mol. The van der Waals surface area contributed by atoms with Crippen LogP contribution in [0.1, 0.15) is 38.8 Å². The largest absolute Gasteiger partial charge is 0.426 e. The van der Waals surface area contributed by atoms with Crippen molar-refractivity contribution in [2.45, 2.75) is 33.1 Å². The Balaban J connectivity index is 2.34. The van der Waals surface area contributed by atoms with Crippen LogP contribution in [0.4, 0.5) is 0 Å². The maximum absolute atomic E-state index is 11.4. The van der Waals surface area contributed by atoms with Crippen molar-refractivity contribution in [2.24, 2.45) is 0 Å². The highest BCUT2D eigenvalue weighted by Gasteiger charge is 2.50. The molecule has 0 amide bonds. The van der Waals surface area contributed by atoms with Crippen LogP contribution in [0.2, 0.25) is 0 Å². The van der Waals surface area contributed by atoms with E-state index in [-0.39, 0.29) is 17.4 Å². The zero-order chi connectivity index (χ0) is 15.4. The van der Waals surface area contributed by atoms with E-state index >= 15 is 0 Å². The topological polar surface area (TPSA) is 52.6 Å². The predicted molar refractivity (Wildman–Crippen MR) is 78.7 cm³/mol. The molecule has 0 saturated heterocycles. The van der Waals surface area contributed by atoms with Crippen LogP contribution in [0.5, 0.6) is 11.5 Å². The summed E-state index contributed by atoms with van der Waals surface area (Å²) >= 11 is 0. The molecule has 2 aromatic carbocycles. The third-order valence-electron chi connectivity index (χ3n) is 3.80. The van der Waals surface area contributed by atoms with Crippen molar-refractivity contribution in [1.82, 2.24) is 0 Å². The van der Waals surface area contributed by atoms with Crippen LogP contribution in [0.3, 0.4) is 0 Å². The van der Waals surface area contributed by atoms with Gasteiger partial charge in [-0.1, -0.05) is 38.1 Å². The van der Waals surface area contributed by atoms with E-state index in [1.807, 2.05) is 38.1 Å². The van der Waals surface area contributed by atoms with E-state index in [0.29, 0.717) is 11.5 Å². The van der Waals surface area contributed by atoms with Gasteiger partial charge in [-0.15, -0.1) is 0 Å². The van der Waals surface area contributed by atoms with Crippen LogP contribution in [0, 0.1) is 0 Å². The van der Waals surface area contributed by atoms with Gasteiger partial charge in [0.25, 0.3) is 0 Å². The summed E-state index contributed by atoms with van der Waals surface area (Å²) in [6, 6.07) is 7.48. The van der Waals surface area contributed by atoms with Crippen molar-refractivity contribution >= 4 is 22.7 Å². The summed E-state index contributed by atoms with van der Waals surface area (Å²) in [7, 11) is 0. The van der Waals surface area contributed by atoms with Crippen LogP contribution in [-0.2, 0) is 15.0 Å². The number of rotatable bonds is 2. The van der Waals surface area contributed by atoms with Gasteiger partial charge in [0.2, 0.25) is 0 Å². The number of hydrogen-bond acceptors (Lipinski definition) is 4. The Morgan fingerprint density at radius 3 is 1.57 bits per heavy atom. The van der Waals surface area contributed by atoms with Gasteiger partial charge in [0.1, 0.15) is 11.5 Å². The van der Waals surface area contributed by atoms with E-state index in [9.17, 15) is 9.59 Å². The molecule has 0 aliphatic heterocycles. The lowest BCUT2D eigenvalue weighted by Crippen LogP contribution is -2.04. The number of fused-ring (bicyclic) bond motifs is 2. The van der Waals surface area contributed by atoms with Gasteiger partial charge in [-0.05, 0) is 0 Å². The van der Waals surface area contributed by atoms with Gasteiger partial charge in [-0.3, -0.25) is 9.59 Å². The molecule has 21 heavy (non-hydrogen) atoms. The monoisotopic (exact) mass is 284 g/mol. The molecule has 0 spiro atoms. The van der Waals surface area contributed by atoms with Crippen molar-refractivity contribution < 1.29 is 19.1 Å². The lowest BCUT2D eigenvalue weighted by Gasteiger charge is -2.09. The van der Waals surface area contributed by atoms with Crippen LogP contribution in [-0.4, -0.2) is 11.9 Å². The highest BCUT2D eigenvalue weighted by atomic mass is 16.5. The van der Waals surface area contributed by atoms with Gasteiger partial charge in [0.05, 0.1) is 0 Å². The second-order valence-corrected chi connectivity index (χ2v) is 5.77. The highest BCUT2D eigenvalue weighted by Crippen LogP contribution is 2.62. The quantitative estimate of drug-likeness (QED) is 0.627. The maximum atomic E-state index is 11.4. The van der Waals surface area contributed by atoms with E-state index in [2.05, 4.69) is 0 Å². The van der Waals surface area contributed by atoms with Gasteiger partial charge in [-0.2, -0.15) is 0 Å². The first-order valence-corrected chi connectivity index (χ1v) is 6.80. The van der Waals surface area contributed by atoms with E-state index in [0.717, 1.165) is 21.9 Å². The highest BCUT2D eigenvalue weighted by molar-refractivity contribution is 6.02. The zero-order valence-electron chi connectivity index (χ0n) is 12.4. The fourth-order valence-electron chi connectivity index (χ4n) is 2.91. The molecule has 0 atom stereocenters. The summed E-state index contributed by atoms with van der Waals surface area (Å²) in [5, 5.41) is 1.57. The average molecular weight is 284 g/mol. The SMILES string of the molecule is CC(=O)Oc1c2c(c(OC(C)=O)c3ccccc13)C2(C)C. The van der Waals surface area contributed by atoms with Gasteiger partial charge < -0.3 is 9.47 Å². The van der Waals surface area contributed by atoms with Crippen molar-refractivity contribution in [2.75, 3.05) is 0 Å². The normalized spacial score (nSPS) is 14.5. The summed E-state index contributed by atoms with van der Waals surface area (Å²) in [4.78, 5) is 22.8. The number of hydrogen-bond donors (Lipinski definition) is 0. The molecule has 4 heteroatoms. The molecule has 0 aromatic heterocycles. The minimum Gasteiger partial charge on any atom is -0.426 e. The lowest BCUT2D eigenvalue weighted by atomic mass is 10.1. The summed E-state index contributed by atoms with van der Waals surface area (Å²) in [6.45, 7) is 6.82. The Kier molecular flexibility index (Phi) is 2.80. The molecule has 0 radical (unpaired) electrons. The number of esters is 2. The third kappa shape index (κ3) is 1.98. The van der Waals surface area contributed by atoms with Crippen LogP contribution in [0.25, 0.3) is 10.8 Å². The standard InChI is InChI=1S/C17H16O4/c1-9(18)20-15-11-7-5-6-8-12(11)16(21-10(2)19)14-13(15)17(14,3)4/h5-8H,1-4H3. The lowest BCUT2D eigenvalue weighted by molar-refractivity contribution is -0.132. The molecular formula is C17H16O4. The second kappa shape index (κ2) is 4.32. The average Bonchev–Trinajstić information content (AvgIpc) is 2.95. The number of benzene rings is 2. The van der Waals surface area contributed by atoms with Gasteiger partial charge in [-0.25, -0.2) is 0 Å². The Morgan fingerprint density at radius 1 is 0.857 bits per heavy atom. The zero-order valence-corrected chi connectivity index (χ0v) is 12.4. The van der Waals surface area contributed by atoms with Crippen molar-refractivity contribution in [1.29, 1.82) is 0 Å². The van der Waals surface area contributed by atoms with E-state index in [1.165, 1.54) is 13.8 Å². The van der Waals surface area contributed by atoms with Crippen molar-refractivity contribution in [3.05, 3.63) is 35.4 Å². The third-order valence-corrected chi connectivity index (χ3v) is 3.80. The van der Waals surface area contributed by atoms with E-state index < -0.39 is 0 Å². The molecule has 1 aliphatic carbocycles. The van der Waals surface area contributed by atoms with Crippen molar-refractivity contribution in [3.8, 4) is 11.5 Å². The first kappa shape index (κ1) is 13.6. The Labute approximate surface area is 122 Å². The van der Waals surface area contributed by atoms with Crippen molar-refractivity contribution in [3.63, 3.8) is 0 Å². The fraction of sp³-hybridized carbons (Fsp3) is 0.294. The van der Waals surface area contributed by atoms with E-state index in [1.54, 1.807) is 0 Å². The smallest absolute Gasteiger partial charge is 0.308 e. The molecule has 0 fully saturated rings. The van der Waals surface area contributed by atoms with Crippen LogP contribution >= 0.6 is 0 Å². The van der Waals surface area contributed by atoms with Gasteiger partial charge >= 0.3 is 11.9 Å². The molecule has 108 valence electrons. The van der Waals surface area contributed by atoms with E-state index in [4.69, 9.17) is 9.47 Å². The molecule has 0 heterocycles. The minimum absolute atomic E-state index is 0.255. The maximum Gasteiger partial charge on any atom is 0.308 e. The molecule has 1 aliphatic rings. The number of carbonyl (C=O) groups is 2. The van der Waals surface area contributed by atoms with Crippen LogP contribution < -0.4 is 9.47 Å². The summed E-state index contributed by atoms with van der Waals surface area (Å²) in [5.41, 5.74) is 1.62. The minimum atomic E-state index is -0.356. The molecule has 3 rings (SSSR count). The molecule has 2 aromatic rings. The molecule has 0 saturated carbocycles. The number of carbonyl (C=O) groups excluding carboxylic acids is 2. The Hall–Kier alpha value is -2.36. The summed E-state index contributed by atoms with van der Waals surface area (Å²) < 4.78 is 10.9. The first-order valence-electron chi connectivity index (χ1n) is 6.80.